The molecule has 0 aromatic heterocycles. The maximum absolute atomic E-state index is 5.99. The van der Waals surface area contributed by atoms with E-state index in [0.29, 0.717) is 10.0 Å². The first-order valence-corrected chi connectivity index (χ1v) is 7.70. The van der Waals surface area contributed by atoms with Crippen molar-refractivity contribution in [3.8, 4) is 0 Å². The summed E-state index contributed by atoms with van der Waals surface area (Å²) in [7, 11) is 0. The van der Waals surface area contributed by atoms with E-state index in [4.69, 9.17) is 23.2 Å². The molecule has 0 unspecified atom stereocenters. The summed E-state index contributed by atoms with van der Waals surface area (Å²) in [5.74, 6) is 0. The molecule has 2 rings (SSSR count). The van der Waals surface area contributed by atoms with Crippen LogP contribution in [0.3, 0.4) is 0 Å². The molecule has 1 radical (unpaired) electrons. The van der Waals surface area contributed by atoms with Crippen molar-refractivity contribution in [2.24, 2.45) is 0 Å². The Hall–Kier alpha value is -0.280. The molecule has 0 aliphatic carbocycles. The third-order valence-corrected chi connectivity index (χ3v) is 4.18. The average Bonchev–Trinajstić information content (AvgIpc) is 2.43. The van der Waals surface area contributed by atoms with Crippen LogP contribution >= 0.6 is 23.2 Å². The summed E-state index contributed by atoms with van der Waals surface area (Å²) in [6, 6.07) is 5.80. The molecule has 1 aliphatic heterocycles. The molecular weight excluding hydrogens is 279 g/mol. The van der Waals surface area contributed by atoms with Gasteiger partial charge in [-0.3, -0.25) is 0 Å². The van der Waals surface area contributed by atoms with E-state index in [-0.39, 0.29) is 0 Å². The Morgan fingerprint density at radius 3 is 2.63 bits per heavy atom. The summed E-state index contributed by atoms with van der Waals surface area (Å²) in [6.07, 6.45) is 6.08. The summed E-state index contributed by atoms with van der Waals surface area (Å²) in [6.45, 7) is 5.55. The summed E-state index contributed by atoms with van der Waals surface area (Å²) in [5.41, 5.74) is 1.18. The molecule has 1 aliphatic rings. The van der Waals surface area contributed by atoms with Crippen LogP contribution in [0.15, 0.2) is 18.2 Å². The second-order valence-corrected chi connectivity index (χ2v) is 5.80. The van der Waals surface area contributed by atoms with E-state index in [2.05, 4.69) is 16.6 Å². The van der Waals surface area contributed by atoms with Crippen LogP contribution in [-0.4, -0.2) is 31.1 Å². The molecule has 105 valence electrons. The SMILES string of the molecule is Clc1ccc(CNCCCN2CC[CH]CC2)cc1Cl. The molecular formula is C15H21Cl2N2. The van der Waals surface area contributed by atoms with Gasteiger partial charge in [-0.2, -0.15) is 0 Å². The van der Waals surface area contributed by atoms with Crippen LogP contribution in [0.25, 0.3) is 0 Å². The molecule has 0 bridgehead atoms. The number of piperidine rings is 1. The highest BCUT2D eigenvalue weighted by atomic mass is 35.5. The van der Waals surface area contributed by atoms with Gasteiger partial charge < -0.3 is 10.2 Å². The zero-order valence-corrected chi connectivity index (χ0v) is 12.7. The predicted molar refractivity (Wildman–Crippen MR) is 82.8 cm³/mol. The van der Waals surface area contributed by atoms with Gasteiger partial charge in [0.15, 0.2) is 0 Å². The number of halogens is 2. The molecule has 19 heavy (non-hydrogen) atoms. The molecule has 4 heteroatoms. The lowest BCUT2D eigenvalue weighted by atomic mass is 10.1. The number of nitrogens with zero attached hydrogens (tertiary/aromatic N) is 1. The van der Waals surface area contributed by atoms with Crippen LogP contribution in [0.4, 0.5) is 0 Å². The predicted octanol–water partition coefficient (Wildman–Crippen LogP) is 3.77. The molecule has 1 fully saturated rings. The van der Waals surface area contributed by atoms with Gasteiger partial charge >= 0.3 is 0 Å². The Morgan fingerprint density at radius 1 is 1.11 bits per heavy atom. The molecule has 1 heterocycles. The van der Waals surface area contributed by atoms with E-state index in [1.807, 2.05) is 18.2 Å². The van der Waals surface area contributed by atoms with E-state index >= 15 is 0 Å². The van der Waals surface area contributed by atoms with Crippen LogP contribution < -0.4 is 5.32 Å². The van der Waals surface area contributed by atoms with E-state index < -0.39 is 0 Å². The van der Waals surface area contributed by atoms with Gasteiger partial charge in [0.25, 0.3) is 0 Å². The monoisotopic (exact) mass is 299 g/mol. The fraction of sp³-hybridized carbons (Fsp3) is 0.533. The third-order valence-electron chi connectivity index (χ3n) is 3.44. The first kappa shape index (κ1) is 15.1. The first-order valence-electron chi connectivity index (χ1n) is 6.94. The van der Waals surface area contributed by atoms with Gasteiger partial charge in [-0.25, -0.2) is 0 Å². The lowest BCUT2D eigenvalue weighted by molar-refractivity contribution is 0.250. The average molecular weight is 300 g/mol. The fourth-order valence-corrected chi connectivity index (χ4v) is 2.66. The Balaban J connectivity index is 1.59. The van der Waals surface area contributed by atoms with Crippen molar-refractivity contribution in [1.82, 2.24) is 10.2 Å². The van der Waals surface area contributed by atoms with Crippen molar-refractivity contribution in [3.05, 3.63) is 40.2 Å². The second kappa shape index (κ2) is 8.11. The number of hydrogen-bond acceptors (Lipinski definition) is 2. The van der Waals surface area contributed by atoms with Gasteiger partial charge in [0.2, 0.25) is 0 Å². The minimum atomic E-state index is 0.618. The van der Waals surface area contributed by atoms with E-state index in [0.717, 1.165) is 13.1 Å². The van der Waals surface area contributed by atoms with Gasteiger partial charge in [0, 0.05) is 6.54 Å². The zero-order valence-electron chi connectivity index (χ0n) is 11.2. The first-order chi connectivity index (χ1) is 9.25. The van der Waals surface area contributed by atoms with E-state index in [1.54, 1.807) is 0 Å². The highest BCUT2D eigenvalue weighted by Crippen LogP contribution is 2.22. The molecule has 1 aromatic rings. The lowest BCUT2D eigenvalue weighted by Gasteiger charge is -2.26. The highest BCUT2D eigenvalue weighted by molar-refractivity contribution is 6.42. The van der Waals surface area contributed by atoms with Gasteiger partial charge in [-0.1, -0.05) is 29.3 Å². The van der Waals surface area contributed by atoms with Crippen molar-refractivity contribution < 1.29 is 0 Å². The number of nitrogens with one attached hydrogen (secondary N) is 1. The van der Waals surface area contributed by atoms with Crippen molar-refractivity contribution in [2.45, 2.75) is 25.8 Å². The normalized spacial score (nSPS) is 16.7. The van der Waals surface area contributed by atoms with Crippen LogP contribution in [0, 0.1) is 6.42 Å². The molecule has 0 spiro atoms. The Bertz CT molecular complexity index is 390. The van der Waals surface area contributed by atoms with Crippen molar-refractivity contribution >= 4 is 23.2 Å². The molecule has 1 saturated heterocycles. The minimum Gasteiger partial charge on any atom is -0.313 e. The molecule has 0 saturated carbocycles. The fourth-order valence-electron chi connectivity index (χ4n) is 2.34. The summed E-state index contributed by atoms with van der Waals surface area (Å²) in [4.78, 5) is 2.54. The largest absolute Gasteiger partial charge is 0.313 e. The molecule has 1 N–H and O–H groups in total. The summed E-state index contributed by atoms with van der Waals surface area (Å²) < 4.78 is 0. The van der Waals surface area contributed by atoms with Gasteiger partial charge in [0.1, 0.15) is 0 Å². The molecule has 0 atom stereocenters. The summed E-state index contributed by atoms with van der Waals surface area (Å²) >= 11 is 11.9. The maximum Gasteiger partial charge on any atom is 0.0595 e. The summed E-state index contributed by atoms with van der Waals surface area (Å²) in [5, 5.41) is 4.70. The molecule has 1 aromatic carbocycles. The maximum atomic E-state index is 5.99. The van der Waals surface area contributed by atoms with Crippen molar-refractivity contribution in [3.63, 3.8) is 0 Å². The Morgan fingerprint density at radius 2 is 1.89 bits per heavy atom. The number of benzene rings is 1. The number of hydrogen-bond donors (Lipinski definition) is 1. The smallest absolute Gasteiger partial charge is 0.0595 e. The lowest BCUT2D eigenvalue weighted by Crippen LogP contribution is -2.32. The Kier molecular flexibility index (Phi) is 6.45. The van der Waals surface area contributed by atoms with E-state index in [9.17, 15) is 0 Å². The standard InChI is InChI=1S/C15H21Cl2N2/c16-14-6-5-13(11-15(14)17)12-18-7-4-10-19-8-2-1-3-9-19/h1,5-6,11,18H,2-4,7-10,12H2. The van der Waals surface area contributed by atoms with Gasteiger partial charge in [-0.15, -0.1) is 0 Å². The van der Waals surface area contributed by atoms with Crippen LogP contribution in [-0.2, 0) is 6.54 Å². The highest BCUT2D eigenvalue weighted by Gasteiger charge is 2.08. The van der Waals surface area contributed by atoms with Gasteiger partial charge in [-0.05, 0) is 69.6 Å². The topological polar surface area (TPSA) is 15.3 Å². The third kappa shape index (κ3) is 5.31. The van der Waals surface area contributed by atoms with Crippen LogP contribution in [0.5, 0.6) is 0 Å². The van der Waals surface area contributed by atoms with Gasteiger partial charge in [0.05, 0.1) is 10.0 Å². The van der Waals surface area contributed by atoms with Crippen molar-refractivity contribution in [2.75, 3.05) is 26.2 Å². The second-order valence-electron chi connectivity index (χ2n) is 4.99. The van der Waals surface area contributed by atoms with E-state index in [1.165, 1.54) is 44.5 Å². The molecule has 2 nitrogen and oxygen atoms in total. The minimum absolute atomic E-state index is 0.618. The quantitative estimate of drug-likeness (QED) is 0.804. The Labute approximate surface area is 126 Å². The number of rotatable bonds is 6. The molecule has 0 amide bonds. The van der Waals surface area contributed by atoms with Crippen molar-refractivity contribution in [1.29, 1.82) is 0 Å². The van der Waals surface area contributed by atoms with Crippen LogP contribution in [0.2, 0.25) is 10.0 Å². The van der Waals surface area contributed by atoms with Crippen LogP contribution in [0.1, 0.15) is 24.8 Å². The zero-order chi connectivity index (χ0) is 13.5. The number of likely N-dealkylation sites (tertiary alicyclic amines) is 1.